The van der Waals surface area contributed by atoms with Gasteiger partial charge in [0.25, 0.3) is 0 Å². The first kappa shape index (κ1) is 7.48. The van der Waals surface area contributed by atoms with Crippen LogP contribution in [0.25, 0.3) is 5.69 Å². The Kier molecular flexibility index (Phi) is 1.35. The topological polar surface area (TPSA) is 89.6 Å². The second-order valence-electron chi connectivity index (χ2n) is 3.27. The molecule has 1 N–H and O–H groups in total. The smallest absolute Gasteiger partial charge is 0.359 e. The summed E-state index contributed by atoms with van der Waals surface area (Å²) < 4.78 is 6.23. The predicted molar refractivity (Wildman–Crippen MR) is 44.0 cm³/mol. The molecular formula is C7H7N5O2. The van der Waals surface area contributed by atoms with Crippen molar-refractivity contribution >= 4 is 0 Å². The average molecular weight is 193 g/mol. The van der Waals surface area contributed by atoms with E-state index in [9.17, 15) is 4.79 Å². The summed E-state index contributed by atoms with van der Waals surface area (Å²) in [6.07, 6.45) is 3.64. The van der Waals surface area contributed by atoms with Crippen LogP contribution >= 0.6 is 0 Å². The van der Waals surface area contributed by atoms with Crippen molar-refractivity contribution in [1.82, 2.24) is 25.4 Å². The first-order chi connectivity index (χ1) is 6.86. The number of rotatable bonds is 2. The fourth-order valence-corrected chi connectivity index (χ4v) is 1.39. The highest BCUT2D eigenvalue weighted by Crippen LogP contribution is 2.42. The molecule has 3 rings (SSSR count). The molecule has 14 heavy (non-hydrogen) atoms. The number of aromatic amines is 1. The maximum absolute atomic E-state index is 11.2. The molecule has 0 spiro atoms. The van der Waals surface area contributed by atoms with Crippen LogP contribution in [0.15, 0.2) is 15.5 Å². The van der Waals surface area contributed by atoms with Crippen LogP contribution in [-0.4, -0.2) is 25.4 Å². The van der Waals surface area contributed by atoms with Crippen molar-refractivity contribution in [1.29, 1.82) is 0 Å². The minimum Gasteiger partial charge on any atom is -0.359 e. The molecule has 2 heterocycles. The SMILES string of the molecule is O=c1[nH]nnn1-c1cnoc1C1CC1. The van der Waals surface area contributed by atoms with Crippen molar-refractivity contribution in [3.05, 3.63) is 22.4 Å². The molecule has 72 valence electrons. The Morgan fingerprint density at radius 2 is 2.43 bits per heavy atom. The van der Waals surface area contributed by atoms with Gasteiger partial charge in [0.05, 0.1) is 6.20 Å². The third-order valence-corrected chi connectivity index (χ3v) is 2.23. The summed E-state index contributed by atoms with van der Waals surface area (Å²) in [5, 5.41) is 12.9. The van der Waals surface area contributed by atoms with Crippen LogP contribution in [0.1, 0.15) is 24.5 Å². The van der Waals surface area contributed by atoms with Gasteiger partial charge in [-0.1, -0.05) is 5.16 Å². The number of aromatic nitrogens is 5. The Balaban J connectivity index is 2.15. The van der Waals surface area contributed by atoms with Gasteiger partial charge in [-0.15, -0.1) is 0 Å². The fourth-order valence-electron chi connectivity index (χ4n) is 1.39. The lowest BCUT2D eigenvalue weighted by Crippen LogP contribution is -2.16. The monoisotopic (exact) mass is 193 g/mol. The second-order valence-corrected chi connectivity index (χ2v) is 3.27. The van der Waals surface area contributed by atoms with Crippen molar-refractivity contribution in [2.24, 2.45) is 0 Å². The van der Waals surface area contributed by atoms with Crippen molar-refractivity contribution in [2.45, 2.75) is 18.8 Å². The molecular weight excluding hydrogens is 186 g/mol. The van der Waals surface area contributed by atoms with Gasteiger partial charge in [-0.2, -0.15) is 4.68 Å². The minimum absolute atomic E-state index is 0.380. The number of tetrazole rings is 1. The van der Waals surface area contributed by atoms with Crippen molar-refractivity contribution < 1.29 is 4.52 Å². The molecule has 0 radical (unpaired) electrons. The largest absolute Gasteiger partial charge is 0.366 e. The highest BCUT2D eigenvalue weighted by molar-refractivity contribution is 5.34. The van der Waals surface area contributed by atoms with Gasteiger partial charge >= 0.3 is 5.69 Å². The zero-order chi connectivity index (χ0) is 9.54. The summed E-state index contributed by atoms with van der Waals surface area (Å²) in [6.45, 7) is 0. The lowest BCUT2D eigenvalue weighted by molar-refractivity contribution is 0.383. The highest BCUT2D eigenvalue weighted by Gasteiger charge is 2.31. The number of H-pyrrole nitrogens is 1. The summed E-state index contributed by atoms with van der Waals surface area (Å²) in [5.41, 5.74) is 0.210. The van der Waals surface area contributed by atoms with Crippen LogP contribution in [0.2, 0.25) is 0 Å². The summed E-state index contributed by atoms with van der Waals surface area (Å²) in [6, 6.07) is 0. The van der Waals surface area contributed by atoms with Crippen LogP contribution in [-0.2, 0) is 0 Å². The van der Waals surface area contributed by atoms with Crippen LogP contribution < -0.4 is 5.69 Å². The zero-order valence-electron chi connectivity index (χ0n) is 7.17. The first-order valence-electron chi connectivity index (χ1n) is 4.31. The van der Waals surface area contributed by atoms with Gasteiger partial charge in [-0.3, -0.25) is 0 Å². The van der Waals surface area contributed by atoms with Crippen LogP contribution in [0.4, 0.5) is 0 Å². The molecule has 1 aliphatic carbocycles. The molecule has 2 aromatic heterocycles. The predicted octanol–water partition coefficient (Wildman–Crippen LogP) is -0.179. The van der Waals surface area contributed by atoms with E-state index in [1.54, 1.807) is 0 Å². The maximum Gasteiger partial charge on any atom is 0.366 e. The molecule has 7 heteroatoms. The van der Waals surface area contributed by atoms with Crippen LogP contribution in [0.3, 0.4) is 0 Å². The Morgan fingerprint density at radius 3 is 3.07 bits per heavy atom. The van der Waals surface area contributed by atoms with Gasteiger partial charge in [-0.05, 0) is 23.3 Å². The van der Waals surface area contributed by atoms with Crippen LogP contribution in [0.5, 0.6) is 0 Å². The number of hydrogen-bond donors (Lipinski definition) is 1. The van der Waals surface area contributed by atoms with E-state index in [0.717, 1.165) is 23.3 Å². The first-order valence-corrected chi connectivity index (χ1v) is 4.31. The zero-order valence-corrected chi connectivity index (χ0v) is 7.17. The third-order valence-electron chi connectivity index (χ3n) is 2.23. The van der Waals surface area contributed by atoms with Gasteiger partial charge in [0.15, 0.2) is 5.76 Å². The van der Waals surface area contributed by atoms with E-state index >= 15 is 0 Å². The van der Waals surface area contributed by atoms with Gasteiger partial charge in [0.1, 0.15) is 5.69 Å². The van der Waals surface area contributed by atoms with E-state index in [1.807, 2.05) is 0 Å². The Labute approximate surface area is 77.7 Å². The molecule has 0 saturated heterocycles. The van der Waals surface area contributed by atoms with Crippen LogP contribution in [0, 0.1) is 0 Å². The lowest BCUT2D eigenvalue weighted by atomic mass is 10.3. The summed E-state index contributed by atoms with van der Waals surface area (Å²) in [4.78, 5) is 11.2. The van der Waals surface area contributed by atoms with Crippen molar-refractivity contribution in [3.63, 3.8) is 0 Å². The van der Waals surface area contributed by atoms with E-state index < -0.39 is 0 Å². The minimum atomic E-state index is -0.380. The molecule has 1 saturated carbocycles. The van der Waals surface area contributed by atoms with Gasteiger partial charge < -0.3 is 4.52 Å². The highest BCUT2D eigenvalue weighted by atomic mass is 16.5. The Bertz CT molecular complexity index is 506. The lowest BCUT2D eigenvalue weighted by Gasteiger charge is -1.94. The molecule has 1 aliphatic rings. The molecule has 0 atom stereocenters. The van der Waals surface area contributed by atoms with Gasteiger partial charge in [-0.25, -0.2) is 9.89 Å². The average Bonchev–Trinajstić information content (AvgIpc) is 2.75. The standard InChI is InChI=1S/C7H7N5O2/c13-7-9-10-11-12(7)5-3-8-14-6(5)4-1-2-4/h3-4H,1-2H2,(H,9,11,13). The number of hydrogen-bond acceptors (Lipinski definition) is 5. The molecule has 2 aromatic rings. The Morgan fingerprint density at radius 1 is 1.57 bits per heavy atom. The van der Waals surface area contributed by atoms with Crippen molar-refractivity contribution in [2.75, 3.05) is 0 Å². The summed E-state index contributed by atoms with van der Waals surface area (Å²) in [7, 11) is 0. The fraction of sp³-hybridized carbons (Fsp3) is 0.429. The Hall–Kier alpha value is -1.92. The van der Waals surface area contributed by atoms with E-state index in [-0.39, 0.29) is 5.69 Å². The van der Waals surface area contributed by atoms with Gasteiger partial charge in [0.2, 0.25) is 0 Å². The second kappa shape index (κ2) is 2.53. The molecule has 0 unspecified atom stereocenters. The molecule has 7 nitrogen and oxygen atoms in total. The van der Waals surface area contributed by atoms with E-state index in [2.05, 4.69) is 20.7 Å². The maximum atomic E-state index is 11.2. The van der Waals surface area contributed by atoms with E-state index in [1.165, 1.54) is 6.20 Å². The van der Waals surface area contributed by atoms with Crippen molar-refractivity contribution in [3.8, 4) is 5.69 Å². The molecule has 1 fully saturated rings. The van der Waals surface area contributed by atoms with Gasteiger partial charge in [0, 0.05) is 5.92 Å². The summed E-state index contributed by atoms with van der Waals surface area (Å²) in [5.74, 6) is 1.11. The molecule has 0 aromatic carbocycles. The molecule has 0 bridgehead atoms. The number of nitrogens with one attached hydrogen (secondary N) is 1. The normalized spacial score (nSPS) is 16.0. The number of nitrogens with zero attached hydrogens (tertiary/aromatic N) is 4. The molecule has 0 aliphatic heterocycles. The molecule has 0 amide bonds. The van der Waals surface area contributed by atoms with E-state index in [4.69, 9.17) is 4.52 Å². The third kappa shape index (κ3) is 0.983. The van der Waals surface area contributed by atoms with E-state index in [0.29, 0.717) is 11.6 Å². The summed E-state index contributed by atoms with van der Waals surface area (Å²) >= 11 is 0. The quantitative estimate of drug-likeness (QED) is 0.714.